The van der Waals surface area contributed by atoms with Gasteiger partial charge in [0.1, 0.15) is 5.75 Å². The van der Waals surface area contributed by atoms with E-state index in [-0.39, 0.29) is 5.56 Å². The Hall–Kier alpha value is -2.41. The van der Waals surface area contributed by atoms with Crippen molar-refractivity contribution in [2.75, 3.05) is 12.4 Å². The van der Waals surface area contributed by atoms with Crippen molar-refractivity contribution in [2.24, 2.45) is 0 Å². The number of hydrogen-bond donors (Lipinski definition) is 1. The van der Waals surface area contributed by atoms with E-state index in [0.29, 0.717) is 15.8 Å². The number of anilines is 2. The van der Waals surface area contributed by atoms with Crippen LogP contribution in [-0.2, 0) is 0 Å². The highest BCUT2D eigenvalue weighted by Crippen LogP contribution is 2.23. The van der Waals surface area contributed by atoms with E-state index >= 15 is 0 Å². The molecule has 0 saturated heterocycles. The second-order valence-corrected chi connectivity index (χ2v) is 5.15. The Morgan fingerprint density at radius 3 is 2.75 bits per heavy atom. The Morgan fingerprint density at radius 1 is 1.30 bits per heavy atom. The van der Waals surface area contributed by atoms with Gasteiger partial charge in [-0.3, -0.25) is 4.79 Å². The minimum absolute atomic E-state index is 0.175. The molecule has 0 saturated carbocycles. The molecule has 0 unspecified atom stereocenters. The highest BCUT2D eigenvalue weighted by molar-refractivity contribution is 7.20. The fourth-order valence-electron chi connectivity index (χ4n) is 1.77. The highest BCUT2D eigenvalue weighted by atomic mass is 32.1. The van der Waals surface area contributed by atoms with Crippen LogP contribution in [0.2, 0.25) is 0 Å². The summed E-state index contributed by atoms with van der Waals surface area (Å²) in [5.74, 6) is 0.786. The molecule has 0 aliphatic heterocycles. The monoisotopic (exact) mass is 288 g/mol. The lowest BCUT2D eigenvalue weighted by atomic mass is 10.3. The van der Waals surface area contributed by atoms with Gasteiger partial charge in [0.05, 0.1) is 7.11 Å². The van der Waals surface area contributed by atoms with Crippen molar-refractivity contribution in [3.8, 4) is 5.75 Å². The topological polar surface area (TPSA) is 68.5 Å². The fraction of sp³-hybridized carbons (Fsp3) is 0.154. The molecular weight excluding hydrogens is 276 g/mol. The molecule has 6 nitrogen and oxygen atoms in total. The normalized spacial score (nSPS) is 10.7. The lowest BCUT2D eigenvalue weighted by Gasteiger charge is -2.03. The van der Waals surface area contributed by atoms with Gasteiger partial charge >= 0.3 is 0 Å². The summed E-state index contributed by atoms with van der Waals surface area (Å²) >= 11 is 1.33. The Kier molecular flexibility index (Phi) is 3.11. The third-order valence-corrected chi connectivity index (χ3v) is 3.54. The maximum absolute atomic E-state index is 11.8. The van der Waals surface area contributed by atoms with Crippen LogP contribution in [0.4, 0.5) is 10.8 Å². The van der Waals surface area contributed by atoms with Crippen LogP contribution in [0.15, 0.2) is 35.1 Å². The van der Waals surface area contributed by atoms with E-state index < -0.39 is 0 Å². The summed E-state index contributed by atoms with van der Waals surface area (Å²) in [4.78, 5) is 16.6. The lowest BCUT2D eigenvalue weighted by molar-refractivity contribution is 0.415. The Balaban J connectivity index is 1.94. The second kappa shape index (κ2) is 4.93. The first-order valence-electron chi connectivity index (χ1n) is 5.94. The number of rotatable bonds is 3. The third kappa shape index (κ3) is 2.35. The van der Waals surface area contributed by atoms with Crippen LogP contribution in [0.3, 0.4) is 0 Å². The smallest absolute Gasteiger partial charge is 0.275 e. The molecule has 0 atom stereocenters. The van der Waals surface area contributed by atoms with Crippen molar-refractivity contribution in [2.45, 2.75) is 6.92 Å². The highest BCUT2D eigenvalue weighted by Gasteiger charge is 2.07. The Morgan fingerprint density at radius 2 is 2.05 bits per heavy atom. The largest absolute Gasteiger partial charge is 0.497 e. The maximum Gasteiger partial charge on any atom is 0.275 e. The van der Waals surface area contributed by atoms with E-state index in [1.54, 1.807) is 14.0 Å². The van der Waals surface area contributed by atoms with Gasteiger partial charge in [-0.2, -0.15) is 4.52 Å². The molecule has 3 rings (SSSR count). The predicted octanol–water partition coefficient (Wildman–Crippen LogP) is 2.21. The lowest BCUT2D eigenvalue weighted by Crippen LogP contribution is -2.14. The molecule has 7 heteroatoms. The number of aromatic nitrogens is 3. The van der Waals surface area contributed by atoms with E-state index in [1.807, 2.05) is 24.3 Å². The molecule has 0 spiro atoms. The number of benzene rings is 1. The summed E-state index contributed by atoms with van der Waals surface area (Å²) in [6.45, 7) is 1.79. The van der Waals surface area contributed by atoms with E-state index in [2.05, 4.69) is 15.4 Å². The van der Waals surface area contributed by atoms with E-state index in [9.17, 15) is 4.79 Å². The van der Waals surface area contributed by atoms with E-state index in [1.165, 1.54) is 21.9 Å². The van der Waals surface area contributed by atoms with Crippen LogP contribution >= 0.6 is 11.3 Å². The Labute approximate surface area is 118 Å². The zero-order valence-corrected chi connectivity index (χ0v) is 11.8. The molecule has 2 aromatic heterocycles. The van der Waals surface area contributed by atoms with Gasteiger partial charge in [0.2, 0.25) is 10.1 Å². The molecule has 20 heavy (non-hydrogen) atoms. The van der Waals surface area contributed by atoms with Gasteiger partial charge in [0.15, 0.2) is 0 Å². The van der Waals surface area contributed by atoms with Gasteiger partial charge in [0.25, 0.3) is 5.56 Å². The maximum atomic E-state index is 11.8. The minimum Gasteiger partial charge on any atom is -0.497 e. The van der Waals surface area contributed by atoms with Crippen molar-refractivity contribution in [3.05, 3.63) is 46.4 Å². The number of ether oxygens (including phenoxy) is 1. The SMILES string of the molecule is COc1ccc(Nc2nn3c(=O)cc(C)nc3s2)cc1. The number of nitrogens with one attached hydrogen (secondary N) is 1. The first-order chi connectivity index (χ1) is 9.65. The molecule has 0 amide bonds. The summed E-state index contributed by atoms with van der Waals surface area (Å²) in [6, 6.07) is 8.93. The van der Waals surface area contributed by atoms with Crippen molar-refractivity contribution in [1.29, 1.82) is 0 Å². The van der Waals surface area contributed by atoms with Crippen molar-refractivity contribution in [3.63, 3.8) is 0 Å². The molecule has 0 radical (unpaired) electrons. The van der Waals surface area contributed by atoms with Crippen LogP contribution in [0.25, 0.3) is 4.96 Å². The molecule has 1 aromatic carbocycles. The molecule has 1 N–H and O–H groups in total. The van der Waals surface area contributed by atoms with Crippen LogP contribution in [0.1, 0.15) is 5.69 Å². The van der Waals surface area contributed by atoms with Gasteiger partial charge in [0, 0.05) is 17.4 Å². The second-order valence-electron chi connectivity index (χ2n) is 4.19. The molecule has 2 heterocycles. The molecule has 0 bridgehead atoms. The van der Waals surface area contributed by atoms with Gasteiger partial charge in [-0.05, 0) is 31.2 Å². The standard InChI is InChI=1S/C13H12N4O2S/c1-8-7-11(18)17-13(14-8)20-12(16-17)15-9-3-5-10(19-2)6-4-9/h3-7H,1-2H3,(H,15,16). The van der Waals surface area contributed by atoms with Gasteiger partial charge in [-0.15, -0.1) is 5.10 Å². The quantitative estimate of drug-likeness (QED) is 0.800. The van der Waals surface area contributed by atoms with Crippen LogP contribution in [0, 0.1) is 6.92 Å². The first kappa shape index (κ1) is 12.6. The van der Waals surface area contributed by atoms with Crippen molar-refractivity contribution in [1.82, 2.24) is 14.6 Å². The fourth-order valence-corrected chi connectivity index (χ4v) is 2.64. The molecule has 102 valence electrons. The summed E-state index contributed by atoms with van der Waals surface area (Å²) in [5, 5.41) is 7.97. The van der Waals surface area contributed by atoms with Crippen LogP contribution in [0.5, 0.6) is 5.75 Å². The minimum atomic E-state index is -0.175. The van der Waals surface area contributed by atoms with Crippen molar-refractivity contribution >= 4 is 27.1 Å². The van der Waals surface area contributed by atoms with E-state index in [4.69, 9.17) is 4.74 Å². The summed E-state index contributed by atoms with van der Waals surface area (Å²) < 4.78 is 6.40. The average Bonchev–Trinajstić information content (AvgIpc) is 2.82. The molecule has 0 fully saturated rings. The Bertz CT molecular complexity index is 807. The number of nitrogens with zero attached hydrogens (tertiary/aromatic N) is 3. The first-order valence-corrected chi connectivity index (χ1v) is 6.76. The summed E-state index contributed by atoms with van der Waals surface area (Å²) in [5.41, 5.74) is 1.39. The van der Waals surface area contributed by atoms with Gasteiger partial charge in [-0.25, -0.2) is 4.98 Å². The number of aryl methyl sites for hydroxylation is 1. The number of methoxy groups -OCH3 is 1. The van der Waals surface area contributed by atoms with E-state index in [0.717, 1.165) is 11.4 Å². The van der Waals surface area contributed by atoms with Gasteiger partial charge < -0.3 is 10.1 Å². The third-order valence-electron chi connectivity index (χ3n) is 2.71. The summed E-state index contributed by atoms with van der Waals surface area (Å²) in [7, 11) is 1.62. The molecule has 0 aliphatic rings. The average molecular weight is 288 g/mol. The zero-order chi connectivity index (χ0) is 14.1. The summed E-state index contributed by atoms with van der Waals surface area (Å²) in [6.07, 6.45) is 0. The number of fused-ring (bicyclic) bond motifs is 1. The number of hydrogen-bond acceptors (Lipinski definition) is 6. The van der Waals surface area contributed by atoms with Crippen molar-refractivity contribution < 1.29 is 4.74 Å². The van der Waals surface area contributed by atoms with Crippen LogP contribution < -0.4 is 15.6 Å². The van der Waals surface area contributed by atoms with Gasteiger partial charge in [-0.1, -0.05) is 11.3 Å². The molecule has 3 aromatic rings. The molecule has 0 aliphatic carbocycles. The zero-order valence-electron chi connectivity index (χ0n) is 11.0. The van der Waals surface area contributed by atoms with Crippen LogP contribution in [-0.4, -0.2) is 21.7 Å². The molecular formula is C13H12N4O2S. The predicted molar refractivity (Wildman–Crippen MR) is 78.1 cm³/mol.